The topological polar surface area (TPSA) is 182 Å². The molecule has 230 valence electrons. The van der Waals surface area contributed by atoms with Crippen LogP contribution in [0.25, 0.3) is 16.9 Å². The van der Waals surface area contributed by atoms with Crippen molar-refractivity contribution in [3.63, 3.8) is 0 Å². The molecule has 3 aromatic heterocycles. The maximum Gasteiger partial charge on any atom is 0.435 e. The van der Waals surface area contributed by atoms with Crippen molar-refractivity contribution in [2.45, 2.75) is 19.1 Å². The van der Waals surface area contributed by atoms with E-state index >= 15 is 0 Å². The lowest BCUT2D eigenvalue weighted by atomic mass is 10.2. The van der Waals surface area contributed by atoms with Gasteiger partial charge in [0.25, 0.3) is 18.8 Å². The first-order chi connectivity index (χ1) is 20.4. The van der Waals surface area contributed by atoms with Crippen LogP contribution in [0.5, 0.6) is 0 Å². The third-order valence-electron chi connectivity index (χ3n) is 5.41. The summed E-state index contributed by atoms with van der Waals surface area (Å²) >= 11 is 6.26. The van der Waals surface area contributed by atoms with E-state index in [4.69, 9.17) is 27.2 Å². The molecular weight excluding hydrogens is 609 g/mol. The van der Waals surface area contributed by atoms with Gasteiger partial charge in [0.15, 0.2) is 17.2 Å². The number of carbonyl (C=O) groups excluding carboxylic acids is 2. The quantitative estimate of drug-likeness (QED) is 0.130. The van der Waals surface area contributed by atoms with E-state index in [0.29, 0.717) is 10.4 Å². The number of hydrogen-bond donors (Lipinski definition) is 5. The van der Waals surface area contributed by atoms with Gasteiger partial charge in [-0.25, -0.2) is 18.7 Å². The Bertz CT molecular complexity index is 1590. The number of amides is 2. The van der Waals surface area contributed by atoms with Gasteiger partial charge in [-0.05, 0) is 18.2 Å². The van der Waals surface area contributed by atoms with E-state index in [2.05, 4.69) is 31.0 Å². The molecule has 13 nitrogen and oxygen atoms in total. The highest BCUT2D eigenvalue weighted by molar-refractivity contribution is 6.34. The van der Waals surface area contributed by atoms with Gasteiger partial charge < -0.3 is 26.8 Å². The minimum Gasteiger partial charge on any atom is -0.483 e. The minimum absolute atomic E-state index is 0.0436. The summed E-state index contributed by atoms with van der Waals surface area (Å²) in [6.07, 6.45) is -3.11. The number of carbonyl (C=O) groups is 3. The number of alkyl halides is 5. The lowest BCUT2D eigenvalue weighted by Crippen LogP contribution is -2.38. The van der Waals surface area contributed by atoms with Crippen LogP contribution in [0.4, 0.5) is 33.5 Å². The SMILES string of the molecule is NCCNC(=O)CNC(=O)c1ccc(Nc2nccn3c(-c4cn(CC(F)F)nc4C(F)(F)F)cnc23)cc1Cl.O=CO. The molecule has 4 rings (SSSR count). The van der Waals surface area contributed by atoms with Gasteiger partial charge in [0.1, 0.15) is 6.54 Å². The molecule has 1 aromatic carbocycles. The fraction of sp³-hybridized carbons (Fsp3) is 0.250. The Morgan fingerprint density at radius 3 is 2.53 bits per heavy atom. The average Bonchev–Trinajstić information content (AvgIpc) is 3.55. The number of aromatic nitrogens is 5. The van der Waals surface area contributed by atoms with E-state index < -0.39 is 42.2 Å². The Morgan fingerprint density at radius 2 is 1.91 bits per heavy atom. The summed E-state index contributed by atoms with van der Waals surface area (Å²) in [7, 11) is 0. The molecular formula is C24H23ClF5N9O4. The molecule has 0 atom stereocenters. The Morgan fingerprint density at radius 1 is 1.19 bits per heavy atom. The number of hydrogen-bond acceptors (Lipinski definition) is 8. The molecule has 19 heteroatoms. The summed E-state index contributed by atoms with van der Waals surface area (Å²) in [5, 5.41) is 18.1. The van der Waals surface area contributed by atoms with Gasteiger partial charge >= 0.3 is 6.18 Å². The predicted molar refractivity (Wildman–Crippen MR) is 143 cm³/mol. The zero-order valence-corrected chi connectivity index (χ0v) is 22.5. The van der Waals surface area contributed by atoms with Crippen molar-refractivity contribution in [3.05, 3.63) is 59.3 Å². The van der Waals surface area contributed by atoms with Crippen LogP contribution in [0, 0.1) is 0 Å². The number of anilines is 2. The first-order valence-electron chi connectivity index (χ1n) is 12.0. The normalized spacial score (nSPS) is 11.2. The molecule has 0 saturated carbocycles. The molecule has 6 N–H and O–H groups in total. The van der Waals surface area contributed by atoms with Crippen molar-refractivity contribution in [1.29, 1.82) is 0 Å². The molecule has 43 heavy (non-hydrogen) atoms. The lowest BCUT2D eigenvalue weighted by molar-refractivity contribution is -0.141. The second-order valence-electron chi connectivity index (χ2n) is 8.36. The van der Waals surface area contributed by atoms with E-state index in [9.17, 15) is 31.5 Å². The van der Waals surface area contributed by atoms with Crippen LogP contribution in [-0.2, 0) is 22.3 Å². The maximum atomic E-state index is 13.6. The molecule has 0 spiro atoms. The van der Waals surface area contributed by atoms with Crippen molar-refractivity contribution >= 4 is 47.0 Å². The fourth-order valence-electron chi connectivity index (χ4n) is 3.70. The van der Waals surface area contributed by atoms with E-state index in [0.717, 1.165) is 12.4 Å². The Balaban J connectivity index is 0.00000162. The highest BCUT2D eigenvalue weighted by atomic mass is 35.5. The minimum atomic E-state index is -4.90. The number of nitrogens with zero attached hydrogens (tertiary/aromatic N) is 5. The zero-order chi connectivity index (χ0) is 31.7. The highest BCUT2D eigenvalue weighted by Crippen LogP contribution is 2.37. The van der Waals surface area contributed by atoms with E-state index in [1.807, 2.05) is 0 Å². The van der Waals surface area contributed by atoms with Crippen molar-refractivity contribution in [2.75, 3.05) is 25.0 Å². The summed E-state index contributed by atoms with van der Waals surface area (Å²) in [5.74, 6) is -0.882. The molecule has 0 unspecified atom stereocenters. The second kappa shape index (κ2) is 14.4. The first kappa shape index (κ1) is 32.7. The van der Waals surface area contributed by atoms with Crippen LogP contribution in [0.2, 0.25) is 5.02 Å². The number of benzene rings is 1. The smallest absolute Gasteiger partial charge is 0.435 e. The van der Waals surface area contributed by atoms with Crippen LogP contribution in [-0.4, -0.2) is 73.6 Å². The summed E-state index contributed by atoms with van der Waals surface area (Å²) < 4.78 is 68.3. The standard InChI is InChI=1S/C23H21ClF5N9O2.CH2O2/c24-15-7-12(1-2-13(15)22(40)34-9-18(39)31-4-3-30)35-20-21-33-8-16(38(21)6-5-32-20)14-10-37(11-17(25)26)36-19(14)23(27,28)29;2-1-3/h1-2,5-8,10,17H,3-4,9,11,30H2,(H,31,39)(H,32,35)(H,34,40);1H,(H,2,3). The third-order valence-corrected chi connectivity index (χ3v) is 5.72. The van der Waals surface area contributed by atoms with Crippen molar-refractivity contribution in [2.24, 2.45) is 5.73 Å². The van der Waals surface area contributed by atoms with E-state index in [-0.39, 0.29) is 53.9 Å². The van der Waals surface area contributed by atoms with Crippen molar-refractivity contribution in [3.8, 4) is 11.3 Å². The number of halogens is 6. The number of fused-ring (bicyclic) bond motifs is 1. The highest BCUT2D eigenvalue weighted by Gasteiger charge is 2.38. The molecule has 3 heterocycles. The van der Waals surface area contributed by atoms with Gasteiger partial charge in [-0.2, -0.15) is 18.3 Å². The Kier molecular flexibility index (Phi) is 10.9. The fourth-order valence-corrected chi connectivity index (χ4v) is 3.97. The Labute approximate surface area is 243 Å². The van der Waals surface area contributed by atoms with Crippen LogP contribution in [0.15, 0.2) is 43.0 Å². The van der Waals surface area contributed by atoms with Crippen LogP contribution in [0.1, 0.15) is 16.1 Å². The number of nitrogens with two attached hydrogens (primary N) is 1. The average molecular weight is 632 g/mol. The van der Waals surface area contributed by atoms with Crippen molar-refractivity contribution < 1.29 is 41.4 Å². The summed E-state index contributed by atoms with van der Waals surface area (Å²) in [6.45, 7) is -1.02. The molecule has 2 amide bonds. The number of carboxylic acid groups (broad SMARTS) is 1. The molecule has 0 saturated heterocycles. The van der Waals surface area contributed by atoms with Gasteiger partial charge in [0, 0.05) is 37.4 Å². The van der Waals surface area contributed by atoms with Gasteiger partial charge in [0.2, 0.25) is 5.91 Å². The van der Waals surface area contributed by atoms with Gasteiger partial charge in [0.05, 0.1) is 34.6 Å². The van der Waals surface area contributed by atoms with Gasteiger partial charge in [-0.1, -0.05) is 11.6 Å². The largest absolute Gasteiger partial charge is 0.483 e. The summed E-state index contributed by atoms with van der Waals surface area (Å²) in [5.41, 5.74) is 4.07. The molecule has 0 radical (unpaired) electrons. The first-order valence-corrected chi connectivity index (χ1v) is 12.4. The molecule has 0 fully saturated rings. The third kappa shape index (κ3) is 8.35. The summed E-state index contributed by atoms with van der Waals surface area (Å²) in [6, 6.07) is 4.32. The zero-order valence-electron chi connectivity index (χ0n) is 21.8. The molecule has 0 bridgehead atoms. The number of rotatable bonds is 10. The van der Waals surface area contributed by atoms with Gasteiger partial charge in [-0.3, -0.25) is 23.5 Å². The second-order valence-corrected chi connectivity index (χ2v) is 8.77. The number of nitrogens with one attached hydrogen (secondary N) is 3. The van der Waals surface area contributed by atoms with Crippen LogP contribution < -0.4 is 21.7 Å². The Hall–Kier alpha value is -4.84. The maximum absolute atomic E-state index is 13.6. The van der Waals surface area contributed by atoms with E-state index in [1.165, 1.54) is 35.0 Å². The molecule has 0 aliphatic rings. The molecule has 4 aromatic rings. The molecule has 0 aliphatic heterocycles. The predicted octanol–water partition coefficient (Wildman–Crippen LogP) is 2.78. The van der Waals surface area contributed by atoms with Crippen LogP contribution >= 0.6 is 11.6 Å². The van der Waals surface area contributed by atoms with Crippen molar-refractivity contribution in [1.82, 2.24) is 34.8 Å². The van der Waals surface area contributed by atoms with Crippen LogP contribution in [0.3, 0.4) is 0 Å². The number of imidazole rings is 1. The lowest BCUT2D eigenvalue weighted by Gasteiger charge is -2.11. The molecule has 0 aliphatic carbocycles. The monoisotopic (exact) mass is 631 g/mol. The summed E-state index contributed by atoms with van der Waals surface area (Å²) in [4.78, 5) is 40.8. The van der Waals surface area contributed by atoms with Gasteiger partial charge in [-0.15, -0.1) is 0 Å². The van der Waals surface area contributed by atoms with E-state index in [1.54, 1.807) is 0 Å².